The fourth-order valence-electron chi connectivity index (χ4n) is 3.80. The first-order valence-corrected chi connectivity index (χ1v) is 8.30. The minimum Gasteiger partial charge on any atom is -0.342 e. The maximum atomic E-state index is 12.5. The third kappa shape index (κ3) is 4.05. The average Bonchev–Trinajstić information content (AvgIpc) is 2.56. The smallest absolute Gasteiger partial charge is 0.273 e. The number of hydrogen-bond donors (Lipinski definition) is 1. The first kappa shape index (κ1) is 18.7. The Morgan fingerprint density at radius 2 is 1.79 bits per heavy atom. The summed E-state index contributed by atoms with van der Waals surface area (Å²) in [4.78, 5) is 25.0. The number of nitrogens with zero attached hydrogens (tertiary/aromatic N) is 2. The molecule has 24 heavy (non-hydrogen) atoms. The molecule has 0 bridgehead atoms. The highest BCUT2D eigenvalue weighted by Gasteiger charge is 2.36. The lowest BCUT2D eigenvalue weighted by atomic mass is 9.71. The molecule has 2 aliphatic heterocycles. The zero-order chi connectivity index (χ0) is 16.3. The van der Waals surface area contributed by atoms with Crippen molar-refractivity contribution in [1.29, 1.82) is 0 Å². The van der Waals surface area contributed by atoms with E-state index in [4.69, 9.17) is 0 Å². The van der Waals surface area contributed by atoms with Gasteiger partial charge in [0.2, 0.25) is 5.91 Å². The van der Waals surface area contributed by atoms with Crippen LogP contribution >= 0.6 is 12.4 Å². The van der Waals surface area contributed by atoms with Gasteiger partial charge >= 0.3 is 0 Å². The number of nitro groups is 1. The molecule has 0 saturated carbocycles. The van der Waals surface area contributed by atoms with Gasteiger partial charge in [0.1, 0.15) is 0 Å². The van der Waals surface area contributed by atoms with Crippen molar-refractivity contribution in [3.63, 3.8) is 0 Å². The Morgan fingerprint density at radius 3 is 2.42 bits per heavy atom. The van der Waals surface area contributed by atoms with E-state index in [2.05, 4.69) is 5.32 Å². The van der Waals surface area contributed by atoms with Crippen molar-refractivity contribution in [3.8, 4) is 0 Å². The van der Waals surface area contributed by atoms with Crippen LogP contribution in [0.5, 0.6) is 0 Å². The van der Waals surface area contributed by atoms with Crippen LogP contribution < -0.4 is 5.32 Å². The fourth-order valence-corrected chi connectivity index (χ4v) is 3.80. The van der Waals surface area contributed by atoms with Crippen molar-refractivity contribution in [2.45, 2.75) is 32.1 Å². The summed E-state index contributed by atoms with van der Waals surface area (Å²) in [5.41, 5.74) is 0.943. The summed E-state index contributed by atoms with van der Waals surface area (Å²) in [5.74, 6) is 0.00286. The molecule has 2 fully saturated rings. The highest BCUT2D eigenvalue weighted by Crippen LogP contribution is 2.39. The quantitative estimate of drug-likeness (QED) is 0.669. The molecule has 0 radical (unpaired) electrons. The number of piperidine rings is 2. The van der Waals surface area contributed by atoms with Crippen molar-refractivity contribution >= 4 is 24.0 Å². The number of para-hydroxylation sites is 1. The van der Waals surface area contributed by atoms with Crippen LogP contribution in [0.15, 0.2) is 24.3 Å². The topological polar surface area (TPSA) is 75.5 Å². The summed E-state index contributed by atoms with van der Waals surface area (Å²) >= 11 is 0. The van der Waals surface area contributed by atoms with Crippen LogP contribution in [0, 0.1) is 15.5 Å². The first-order chi connectivity index (χ1) is 11.1. The molecule has 2 heterocycles. The molecular weight excluding hydrogens is 330 g/mol. The lowest BCUT2D eigenvalue weighted by Crippen LogP contribution is -2.47. The number of amides is 1. The van der Waals surface area contributed by atoms with Gasteiger partial charge in [0.25, 0.3) is 5.69 Å². The minimum atomic E-state index is -0.414. The van der Waals surface area contributed by atoms with E-state index < -0.39 is 4.92 Å². The Hall–Kier alpha value is -1.66. The molecule has 2 saturated heterocycles. The van der Waals surface area contributed by atoms with Crippen LogP contribution in [0.3, 0.4) is 0 Å². The van der Waals surface area contributed by atoms with E-state index in [0.717, 1.165) is 39.0 Å². The van der Waals surface area contributed by atoms with E-state index in [1.807, 2.05) is 4.90 Å². The second-order valence-corrected chi connectivity index (χ2v) is 6.69. The maximum absolute atomic E-state index is 12.5. The Labute approximate surface area is 148 Å². The molecule has 0 aliphatic carbocycles. The zero-order valence-electron chi connectivity index (χ0n) is 13.7. The average molecular weight is 354 g/mol. The molecule has 132 valence electrons. The lowest BCUT2D eigenvalue weighted by Gasteiger charge is -2.44. The zero-order valence-corrected chi connectivity index (χ0v) is 14.5. The van der Waals surface area contributed by atoms with E-state index in [1.165, 1.54) is 18.9 Å². The van der Waals surface area contributed by atoms with E-state index in [9.17, 15) is 14.9 Å². The Balaban J connectivity index is 0.00000208. The van der Waals surface area contributed by atoms with E-state index >= 15 is 0 Å². The van der Waals surface area contributed by atoms with Gasteiger partial charge < -0.3 is 10.2 Å². The van der Waals surface area contributed by atoms with Crippen molar-refractivity contribution in [3.05, 3.63) is 39.9 Å². The molecule has 1 aromatic carbocycles. The minimum absolute atomic E-state index is 0. The van der Waals surface area contributed by atoms with Crippen molar-refractivity contribution in [2.75, 3.05) is 26.2 Å². The predicted molar refractivity (Wildman–Crippen MR) is 94.4 cm³/mol. The SMILES string of the molecule is Cl.O=C(Cc1ccccc1[N+](=O)[O-])N1CCC2(CCNCC2)CC1. The van der Waals surface area contributed by atoms with Gasteiger partial charge in [0.05, 0.1) is 11.3 Å². The number of carbonyl (C=O) groups is 1. The molecule has 1 amide bonds. The van der Waals surface area contributed by atoms with Crippen LogP contribution in [0.2, 0.25) is 0 Å². The summed E-state index contributed by atoms with van der Waals surface area (Å²) in [7, 11) is 0. The van der Waals surface area contributed by atoms with Gasteiger partial charge in [-0.25, -0.2) is 0 Å². The summed E-state index contributed by atoms with van der Waals surface area (Å²) < 4.78 is 0. The molecule has 1 spiro atoms. The molecule has 0 atom stereocenters. The van der Waals surface area contributed by atoms with Crippen LogP contribution in [0.25, 0.3) is 0 Å². The second kappa shape index (κ2) is 7.94. The number of carbonyl (C=O) groups excluding carboxylic acids is 1. The molecule has 3 rings (SSSR count). The predicted octanol–water partition coefficient (Wildman–Crippen LogP) is 2.55. The summed E-state index contributed by atoms with van der Waals surface area (Å²) in [6.45, 7) is 3.70. The number of nitrogens with one attached hydrogen (secondary N) is 1. The molecule has 7 heteroatoms. The Kier molecular flexibility index (Phi) is 6.18. The normalized spacial score (nSPS) is 19.6. The van der Waals surface area contributed by atoms with Crippen molar-refractivity contribution in [2.24, 2.45) is 5.41 Å². The molecule has 0 aromatic heterocycles. The second-order valence-electron chi connectivity index (χ2n) is 6.69. The third-order valence-electron chi connectivity index (χ3n) is 5.37. The van der Waals surface area contributed by atoms with Crippen molar-refractivity contribution in [1.82, 2.24) is 10.2 Å². The molecule has 1 aromatic rings. The highest BCUT2D eigenvalue weighted by atomic mass is 35.5. The molecular formula is C17H24ClN3O3. The van der Waals surface area contributed by atoms with Crippen LogP contribution in [0.1, 0.15) is 31.2 Å². The summed E-state index contributed by atoms with van der Waals surface area (Å²) in [6, 6.07) is 6.51. The van der Waals surface area contributed by atoms with E-state index in [0.29, 0.717) is 11.0 Å². The largest absolute Gasteiger partial charge is 0.342 e. The maximum Gasteiger partial charge on any atom is 0.273 e. The van der Waals surface area contributed by atoms with Crippen LogP contribution in [-0.2, 0) is 11.2 Å². The van der Waals surface area contributed by atoms with Gasteiger partial charge in [-0.15, -0.1) is 12.4 Å². The summed E-state index contributed by atoms with van der Waals surface area (Å²) in [6.07, 6.45) is 4.61. The number of likely N-dealkylation sites (tertiary alicyclic amines) is 1. The fraction of sp³-hybridized carbons (Fsp3) is 0.588. The Bertz CT molecular complexity index is 592. The molecule has 2 aliphatic rings. The first-order valence-electron chi connectivity index (χ1n) is 8.30. The van der Waals surface area contributed by atoms with Gasteiger partial charge in [-0.1, -0.05) is 18.2 Å². The highest BCUT2D eigenvalue weighted by molar-refractivity contribution is 5.85. The molecule has 6 nitrogen and oxygen atoms in total. The standard InChI is InChI=1S/C17H23N3O3.ClH/c21-16(13-14-3-1-2-4-15(14)20(22)23)19-11-7-17(8-12-19)5-9-18-10-6-17;/h1-4,18H,5-13H2;1H. The number of hydrogen-bond acceptors (Lipinski definition) is 4. The van der Waals surface area contributed by atoms with Crippen molar-refractivity contribution < 1.29 is 9.72 Å². The van der Waals surface area contributed by atoms with Gasteiger partial charge in [0, 0.05) is 24.7 Å². The number of rotatable bonds is 3. The third-order valence-corrected chi connectivity index (χ3v) is 5.37. The number of benzene rings is 1. The van der Waals surface area contributed by atoms with E-state index in [-0.39, 0.29) is 30.4 Å². The number of nitro benzene ring substituents is 1. The van der Waals surface area contributed by atoms with Gasteiger partial charge in [0.15, 0.2) is 0 Å². The number of halogens is 1. The monoisotopic (exact) mass is 353 g/mol. The molecule has 0 unspecified atom stereocenters. The lowest BCUT2D eigenvalue weighted by molar-refractivity contribution is -0.385. The Morgan fingerprint density at radius 1 is 1.17 bits per heavy atom. The van der Waals surface area contributed by atoms with Gasteiger partial charge in [-0.05, 0) is 44.2 Å². The van der Waals surface area contributed by atoms with Crippen LogP contribution in [-0.4, -0.2) is 41.9 Å². The van der Waals surface area contributed by atoms with Crippen LogP contribution in [0.4, 0.5) is 5.69 Å². The van der Waals surface area contributed by atoms with Gasteiger partial charge in [-0.2, -0.15) is 0 Å². The van der Waals surface area contributed by atoms with E-state index in [1.54, 1.807) is 18.2 Å². The van der Waals surface area contributed by atoms with Gasteiger partial charge in [-0.3, -0.25) is 14.9 Å². The molecule has 1 N–H and O–H groups in total. The summed E-state index contributed by atoms with van der Waals surface area (Å²) in [5, 5.41) is 14.5.